The second-order valence-corrected chi connectivity index (χ2v) is 1.33. The molecule has 0 aromatic rings. The molecule has 0 heterocycles. The topological polar surface area (TPSA) is 32.6 Å². The summed E-state index contributed by atoms with van der Waals surface area (Å²) in [5, 5.41) is 10.4. The first-order valence-corrected chi connectivity index (χ1v) is 2.66. The molecule has 0 aliphatic rings. The van der Waals surface area contributed by atoms with Gasteiger partial charge in [-0.05, 0) is 0 Å². The Hall–Kier alpha value is 0.200. The molecule has 1 N–H and O–H groups in total. The van der Waals surface area contributed by atoms with Crippen LogP contribution in [0.15, 0.2) is 5.16 Å². The summed E-state index contributed by atoms with van der Waals surface area (Å²) in [5.41, 5.74) is 0. The third-order valence-corrected chi connectivity index (χ3v) is 0.545. The van der Waals surface area contributed by atoms with E-state index < -0.39 is 0 Å². The van der Waals surface area contributed by atoms with Crippen LogP contribution in [0.1, 0.15) is 0 Å². The molecular weight excluding hydrogens is 181 g/mol. The molecule has 0 radical (unpaired) electrons. The van der Waals surface area contributed by atoms with E-state index in [-0.39, 0.29) is 0 Å². The smallest absolute Gasteiger partial charge is 0.0533 e. The highest BCUT2D eigenvalue weighted by Crippen LogP contribution is 1.70. The van der Waals surface area contributed by atoms with Gasteiger partial charge in [0.1, 0.15) is 0 Å². The lowest BCUT2D eigenvalue weighted by Crippen LogP contribution is -1.66. The van der Waals surface area contributed by atoms with Crippen molar-refractivity contribution in [1.82, 2.24) is 0 Å². The molecule has 0 aromatic carbocycles. The van der Waals surface area contributed by atoms with Gasteiger partial charge in [0.15, 0.2) is 0 Å². The second kappa shape index (κ2) is 4.20. The van der Waals surface area contributed by atoms with E-state index in [1.807, 2.05) is 0 Å². The number of oxime groups is 1. The van der Waals surface area contributed by atoms with Crippen LogP contribution < -0.4 is 0 Å². The van der Waals surface area contributed by atoms with E-state index in [9.17, 15) is 0 Å². The number of alkyl halides is 1. The Bertz CT molecular complexity index is 36.6. The van der Waals surface area contributed by atoms with Crippen molar-refractivity contribution in [2.45, 2.75) is 0 Å². The van der Waals surface area contributed by atoms with E-state index >= 15 is 0 Å². The Morgan fingerprint density at radius 3 is 2.60 bits per heavy atom. The molecule has 0 bridgehead atoms. The van der Waals surface area contributed by atoms with Crippen LogP contribution in [0.25, 0.3) is 0 Å². The fourth-order valence-electron chi connectivity index (χ4n) is 0.0309. The molecule has 0 fully saturated rings. The van der Waals surface area contributed by atoms with Crippen molar-refractivity contribution >= 4 is 28.8 Å². The average Bonchev–Trinajstić information content (AvgIpc) is 1.41. The van der Waals surface area contributed by atoms with Crippen molar-refractivity contribution in [3.05, 3.63) is 0 Å². The van der Waals surface area contributed by atoms with Gasteiger partial charge in [0.05, 0.1) is 6.21 Å². The predicted molar refractivity (Wildman–Crippen MR) is 29.2 cm³/mol. The molecule has 30 valence electrons. The molecule has 0 spiro atoms. The molecule has 0 unspecified atom stereocenters. The fourth-order valence-corrected chi connectivity index (χ4v) is 0.207. The summed E-state index contributed by atoms with van der Waals surface area (Å²) in [6, 6.07) is 0. The van der Waals surface area contributed by atoms with E-state index in [4.69, 9.17) is 5.21 Å². The third-order valence-electron chi connectivity index (χ3n) is 0.151. The van der Waals surface area contributed by atoms with Gasteiger partial charge in [0, 0.05) is 4.43 Å². The summed E-state index contributed by atoms with van der Waals surface area (Å²) in [6.45, 7) is 0. The number of hydrogen-bond acceptors (Lipinski definition) is 2. The Morgan fingerprint density at radius 1 is 2.00 bits per heavy atom. The van der Waals surface area contributed by atoms with Crippen molar-refractivity contribution in [2.24, 2.45) is 5.16 Å². The summed E-state index contributed by atoms with van der Waals surface area (Å²) in [6.07, 6.45) is 1.42. The average molecular weight is 185 g/mol. The molecular formula is C2H4INO. The van der Waals surface area contributed by atoms with Gasteiger partial charge in [-0.2, -0.15) is 0 Å². The van der Waals surface area contributed by atoms with Crippen molar-refractivity contribution < 1.29 is 5.21 Å². The first kappa shape index (κ1) is 5.20. The number of rotatable bonds is 1. The van der Waals surface area contributed by atoms with Crippen molar-refractivity contribution in [3.63, 3.8) is 0 Å². The van der Waals surface area contributed by atoms with E-state index in [0.717, 1.165) is 4.43 Å². The lowest BCUT2D eigenvalue weighted by atomic mass is 10.9. The minimum atomic E-state index is 0.772. The molecule has 0 aliphatic heterocycles. The predicted octanol–water partition coefficient (Wildman–Crippen LogP) is 0.881. The van der Waals surface area contributed by atoms with Gasteiger partial charge in [-0.15, -0.1) is 5.16 Å². The van der Waals surface area contributed by atoms with Crippen LogP contribution in [0.5, 0.6) is 0 Å². The van der Waals surface area contributed by atoms with E-state index in [1.54, 1.807) is 0 Å². The fraction of sp³-hybridized carbons (Fsp3) is 0.500. The molecule has 0 aromatic heterocycles. The summed E-state index contributed by atoms with van der Waals surface area (Å²) >= 11 is 2.08. The maximum atomic E-state index is 7.63. The van der Waals surface area contributed by atoms with Crippen LogP contribution in [0.2, 0.25) is 0 Å². The van der Waals surface area contributed by atoms with Gasteiger partial charge in [-0.1, -0.05) is 22.6 Å². The molecule has 0 amide bonds. The zero-order chi connectivity index (χ0) is 4.12. The summed E-state index contributed by atoms with van der Waals surface area (Å²) < 4.78 is 0.772. The standard InChI is InChI=1S/C2H4INO/c3-1-2-4-5/h2,5H,1H2. The summed E-state index contributed by atoms with van der Waals surface area (Å²) in [7, 11) is 0. The van der Waals surface area contributed by atoms with Gasteiger partial charge >= 0.3 is 0 Å². The van der Waals surface area contributed by atoms with E-state index in [1.165, 1.54) is 6.21 Å². The number of nitrogens with zero attached hydrogens (tertiary/aromatic N) is 1. The third kappa shape index (κ3) is 4.20. The van der Waals surface area contributed by atoms with Crippen LogP contribution in [0.4, 0.5) is 0 Å². The summed E-state index contributed by atoms with van der Waals surface area (Å²) in [5.74, 6) is 0. The first-order chi connectivity index (χ1) is 2.41. The Kier molecular flexibility index (Phi) is 4.37. The lowest BCUT2D eigenvalue weighted by Gasteiger charge is -1.63. The Morgan fingerprint density at radius 2 is 2.60 bits per heavy atom. The van der Waals surface area contributed by atoms with Crippen LogP contribution in [0.3, 0.4) is 0 Å². The molecule has 5 heavy (non-hydrogen) atoms. The van der Waals surface area contributed by atoms with Crippen LogP contribution in [-0.4, -0.2) is 15.8 Å². The Balaban J connectivity index is 2.62. The SMILES string of the molecule is ON=CCI. The van der Waals surface area contributed by atoms with Gasteiger partial charge in [0.25, 0.3) is 0 Å². The highest BCUT2D eigenvalue weighted by molar-refractivity contribution is 14.1. The molecule has 0 rings (SSSR count). The maximum absolute atomic E-state index is 7.63. The highest BCUT2D eigenvalue weighted by atomic mass is 127. The maximum Gasteiger partial charge on any atom is 0.0533 e. The summed E-state index contributed by atoms with van der Waals surface area (Å²) in [4.78, 5) is 0. The first-order valence-electron chi connectivity index (χ1n) is 1.13. The van der Waals surface area contributed by atoms with Crippen molar-refractivity contribution in [3.8, 4) is 0 Å². The van der Waals surface area contributed by atoms with Gasteiger partial charge < -0.3 is 5.21 Å². The largest absolute Gasteiger partial charge is 0.411 e. The monoisotopic (exact) mass is 185 g/mol. The van der Waals surface area contributed by atoms with Gasteiger partial charge in [-0.3, -0.25) is 0 Å². The van der Waals surface area contributed by atoms with Crippen LogP contribution >= 0.6 is 22.6 Å². The molecule has 0 saturated heterocycles. The number of halogens is 1. The second-order valence-electron chi connectivity index (χ2n) is 0.452. The van der Waals surface area contributed by atoms with E-state index in [0.29, 0.717) is 0 Å². The van der Waals surface area contributed by atoms with Gasteiger partial charge in [-0.25, -0.2) is 0 Å². The molecule has 0 atom stereocenters. The number of hydrogen-bond donors (Lipinski definition) is 1. The van der Waals surface area contributed by atoms with Crippen molar-refractivity contribution in [2.75, 3.05) is 4.43 Å². The highest BCUT2D eigenvalue weighted by Gasteiger charge is 1.57. The molecule has 2 nitrogen and oxygen atoms in total. The van der Waals surface area contributed by atoms with E-state index in [2.05, 4.69) is 27.7 Å². The lowest BCUT2D eigenvalue weighted by molar-refractivity contribution is 0.321. The van der Waals surface area contributed by atoms with Crippen molar-refractivity contribution in [1.29, 1.82) is 0 Å². The molecule has 3 heteroatoms. The normalized spacial score (nSPS) is 9.80. The Labute approximate surface area is 44.0 Å². The minimum absolute atomic E-state index is 0.772. The zero-order valence-electron chi connectivity index (χ0n) is 2.56. The molecule has 0 saturated carbocycles. The van der Waals surface area contributed by atoms with Gasteiger partial charge in [0.2, 0.25) is 0 Å². The quantitative estimate of drug-likeness (QED) is 0.212. The minimum Gasteiger partial charge on any atom is -0.411 e. The molecule has 0 aliphatic carbocycles. The van der Waals surface area contributed by atoms with Crippen LogP contribution in [0, 0.1) is 0 Å². The van der Waals surface area contributed by atoms with Crippen LogP contribution in [-0.2, 0) is 0 Å². The zero-order valence-corrected chi connectivity index (χ0v) is 4.71.